The first-order chi connectivity index (χ1) is 16.0. The summed E-state index contributed by atoms with van der Waals surface area (Å²) in [5.74, 6) is 0.862. The van der Waals surface area contributed by atoms with Crippen molar-refractivity contribution >= 4 is 11.6 Å². The van der Waals surface area contributed by atoms with Crippen molar-refractivity contribution in [3.8, 4) is 11.1 Å². The van der Waals surface area contributed by atoms with Crippen molar-refractivity contribution in [2.24, 2.45) is 5.92 Å². The van der Waals surface area contributed by atoms with Gasteiger partial charge in [0.1, 0.15) is 0 Å². The summed E-state index contributed by atoms with van der Waals surface area (Å²) in [5.41, 5.74) is 7.20. The molecular formula is C29H35N3O. The minimum Gasteiger partial charge on any atom is -0.320 e. The summed E-state index contributed by atoms with van der Waals surface area (Å²) in [6.07, 6.45) is 6.36. The molecule has 1 unspecified atom stereocenters. The van der Waals surface area contributed by atoms with Crippen LogP contribution in [0.25, 0.3) is 11.1 Å². The van der Waals surface area contributed by atoms with Gasteiger partial charge in [-0.1, -0.05) is 50.6 Å². The molecule has 2 heterocycles. The van der Waals surface area contributed by atoms with Gasteiger partial charge in [0.05, 0.1) is 11.4 Å². The van der Waals surface area contributed by atoms with Gasteiger partial charge in [0.2, 0.25) is 0 Å². The van der Waals surface area contributed by atoms with Crippen LogP contribution in [-0.4, -0.2) is 24.0 Å². The normalized spacial score (nSPS) is 16.4. The van der Waals surface area contributed by atoms with Gasteiger partial charge in [-0.2, -0.15) is 0 Å². The number of hydrogen-bond donors (Lipinski definition) is 2. The summed E-state index contributed by atoms with van der Waals surface area (Å²) in [6.45, 7) is 8.52. The third-order valence-corrected chi connectivity index (χ3v) is 6.43. The quantitative estimate of drug-likeness (QED) is 0.468. The molecule has 33 heavy (non-hydrogen) atoms. The van der Waals surface area contributed by atoms with Crippen LogP contribution in [0.4, 0.5) is 5.69 Å². The van der Waals surface area contributed by atoms with Gasteiger partial charge >= 0.3 is 0 Å². The number of carbonyl (C=O) groups is 1. The van der Waals surface area contributed by atoms with Crippen LogP contribution in [0.1, 0.15) is 66.2 Å². The molecule has 1 aliphatic heterocycles. The Morgan fingerprint density at radius 1 is 1.12 bits per heavy atom. The number of hydrogen-bond acceptors (Lipinski definition) is 3. The first kappa shape index (κ1) is 23.2. The molecule has 0 spiro atoms. The molecule has 0 bridgehead atoms. The number of pyridine rings is 1. The van der Waals surface area contributed by atoms with E-state index in [-0.39, 0.29) is 5.91 Å². The minimum absolute atomic E-state index is 0.0940. The smallest absolute Gasteiger partial charge is 0.255 e. The molecule has 0 saturated carbocycles. The van der Waals surface area contributed by atoms with Crippen LogP contribution in [0.2, 0.25) is 0 Å². The lowest BCUT2D eigenvalue weighted by molar-refractivity contribution is 0.102. The SMILES string of the molecule is Cc1ccc(C(=O)Nc2cccnc2C2CCCCNC2)cc1-c1ccc(CC(C)C)cc1. The number of nitrogens with one attached hydrogen (secondary N) is 2. The molecule has 0 radical (unpaired) electrons. The summed E-state index contributed by atoms with van der Waals surface area (Å²) in [6, 6.07) is 18.5. The van der Waals surface area contributed by atoms with Crippen LogP contribution in [0.15, 0.2) is 60.8 Å². The molecule has 0 aliphatic carbocycles. The molecule has 1 atom stereocenters. The highest BCUT2D eigenvalue weighted by Gasteiger charge is 2.20. The van der Waals surface area contributed by atoms with Crippen LogP contribution < -0.4 is 10.6 Å². The summed E-state index contributed by atoms with van der Waals surface area (Å²) in [4.78, 5) is 17.9. The second-order valence-corrected chi connectivity index (χ2v) is 9.61. The number of benzene rings is 2. The van der Waals surface area contributed by atoms with Crippen LogP contribution in [0.3, 0.4) is 0 Å². The van der Waals surface area contributed by atoms with Crippen molar-refractivity contribution in [2.75, 3.05) is 18.4 Å². The maximum absolute atomic E-state index is 13.2. The fourth-order valence-electron chi connectivity index (χ4n) is 4.66. The maximum Gasteiger partial charge on any atom is 0.255 e. The van der Waals surface area contributed by atoms with E-state index in [1.807, 2.05) is 36.5 Å². The molecule has 1 saturated heterocycles. The summed E-state index contributed by atoms with van der Waals surface area (Å²) < 4.78 is 0. The van der Waals surface area contributed by atoms with Gasteiger partial charge in [0, 0.05) is 24.2 Å². The van der Waals surface area contributed by atoms with E-state index in [4.69, 9.17) is 0 Å². The van der Waals surface area contributed by atoms with Crippen LogP contribution >= 0.6 is 0 Å². The number of aryl methyl sites for hydroxylation is 1. The van der Waals surface area contributed by atoms with Crippen molar-refractivity contribution in [1.82, 2.24) is 10.3 Å². The van der Waals surface area contributed by atoms with Crippen LogP contribution in [0.5, 0.6) is 0 Å². The molecule has 2 N–H and O–H groups in total. The number of anilines is 1. The van der Waals surface area contributed by atoms with E-state index < -0.39 is 0 Å². The van der Waals surface area contributed by atoms with Gasteiger partial charge < -0.3 is 10.6 Å². The van der Waals surface area contributed by atoms with E-state index in [1.54, 1.807) is 0 Å². The number of rotatable bonds is 6. The van der Waals surface area contributed by atoms with E-state index in [9.17, 15) is 4.79 Å². The lowest BCUT2D eigenvalue weighted by atomic mass is 9.95. The van der Waals surface area contributed by atoms with Gasteiger partial charge in [-0.15, -0.1) is 0 Å². The van der Waals surface area contributed by atoms with Gasteiger partial charge in [-0.05, 0) is 85.2 Å². The van der Waals surface area contributed by atoms with Gasteiger partial charge in [-0.3, -0.25) is 9.78 Å². The first-order valence-corrected chi connectivity index (χ1v) is 12.2. The average Bonchev–Trinajstić information content (AvgIpc) is 3.09. The first-order valence-electron chi connectivity index (χ1n) is 12.2. The summed E-state index contributed by atoms with van der Waals surface area (Å²) >= 11 is 0. The minimum atomic E-state index is -0.0940. The molecule has 4 nitrogen and oxygen atoms in total. The van der Waals surface area contributed by atoms with Crippen molar-refractivity contribution < 1.29 is 4.79 Å². The highest BCUT2D eigenvalue weighted by molar-refractivity contribution is 6.05. The molecular weight excluding hydrogens is 406 g/mol. The fourth-order valence-corrected chi connectivity index (χ4v) is 4.66. The molecule has 4 rings (SSSR count). The van der Waals surface area contributed by atoms with Gasteiger partial charge in [0.15, 0.2) is 0 Å². The third kappa shape index (κ3) is 5.88. The van der Waals surface area contributed by atoms with Crippen LogP contribution in [0, 0.1) is 12.8 Å². The monoisotopic (exact) mass is 441 g/mol. The predicted molar refractivity (Wildman–Crippen MR) is 137 cm³/mol. The predicted octanol–water partition coefficient (Wildman–Crippen LogP) is 6.36. The molecule has 1 amide bonds. The van der Waals surface area contributed by atoms with Crippen molar-refractivity contribution in [2.45, 2.75) is 52.4 Å². The van der Waals surface area contributed by atoms with E-state index >= 15 is 0 Å². The van der Waals surface area contributed by atoms with Crippen molar-refractivity contribution in [1.29, 1.82) is 0 Å². The van der Waals surface area contributed by atoms with E-state index in [0.29, 0.717) is 17.4 Å². The highest BCUT2D eigenvalue weighted by atomic mass is 16.1. The summed E-state index contributed by atoms with van der Waals surface area (Å²) in [7, 11) is 0. The highest BCUT2D eigenvalue weighted by Crippen LogP contribution is 2.29. The number of carbonyl (C=O) groups excluding carboxylic acids is 1. The zero-order valence-electron chi connectivity index (χ0n) is 20.0. The Labute approximate surface area is 197 Å². The molecule has 172 valence electrons. The van der Waals surface area contributed by atoms with Crippen LogP contribution in [-0.2, 0) is 6.42 Å². The van der Waals surface area contributed by atoms with Crippen molar-refractivity contribution in [3.63, 3.8) is 0 Å². The largest absolute Gasteiger partial charge is 0.320 e. The molecule has 3 aromatic rings. The molecule has 1 aromatic heterocycles. The lowest BCUT2D eigenvalue weighted by Crippen LogP contribution is -2.22. The molecule has 1 aliphatic rings. The van der Waals surface area contributed by atoms with Gasteiger partial charge in [0.25, 0.3) is 5.91 Å². The summed E-state index contributed by atoms with van der Waals surface area (Å²) in [5, 5.41) is 6.65. The molecule has 2 aromatic carbocycles. The second kappa shape index (κ2) is 10.8. The zero-order valence-corrected chi connectivity index (χ0v) is 20.0. The van der Waals surface area contributed by atoms with E-state index in [1.165, 1.54) is 18.4 Å². The Balaban J connectivity index is 1.55. The average molecular weight is 442 g/mol. The Morgan fingerprint density at radius 2 is 1.94 bits per heavy atom. The topological polar surface area (TPSA) is 54.0 Å². The van der Waals surface area contributed by atoms with E-state index in [0.717, 1.165) is 54.0 Å². The second-order valence-electron chi connectivity index (χ2n) is 9.61. The Kier molecular flexibility index (Phi) is 7.56. The fraction of sp³-hybridized carbons (Fsp3) is 0.379. The van der Waals surface area contributed by atoms with Gasteiger partial charge in [-0.25, -0.2) is 0 Å². The molecule has 4 heteroatoms. The Hall–Kier alpha value is -2.98. The number of aromatic nitrogens is 1. The lowest BCUT2D eigenvalue weighted by Gasteiger charge is -2.18. The van der Waals surface area contributed by atoms with E-state index in [2.05, 4.69) is 60.7 Å². The zero-order chi connectivity index (χ0) is 23.2. The standard InChI is InChI=1S/C29H35N3O/c1-20(2)17-22-10-13-23(14-11-22)26-18-24(12-9-21(26)3)29(33)32-27-8-6-16-31-28(27)25-7-4-5-15-30-19-25/h6,8-14,16,18,20,25,30H,4-5,7,15,17,19H2,1-3H3,(H,32,33). The molecule has 1 fully saturated rings. The Bertz CT molecular complexity index is 1080. The number of amides is 1. The number of nitrogens with zero attached hydrogens (tertiary/aromatic N) is 1. The Morgan fingerprint density at radius 3 is 2.73 bits per heavy atom. The maximum atomic E-state index is 13.2. The third-order valence-electron chi connectivity index (χ3n) is 6.43. The van der Waals surface area contributed by atoms with Crippen molar-refractivity contribution in [3.05, 3.63) is 83.2 Å².